The lowest BCUT2D eigenvalue weighted by atomic mass is 10.0. The first kappa shape index (κ1) is 13.4. The molecule has 0 aromatic carbocycles. The summed E-state index contributed by atoms with van der Waals surface area (Å²) in [6.45, 7) is 6.50. The molecule has 0 fully saturated rings. The van der Waals surface area contributed by atoms with Gasteiger partial charge in [-0.05, 0) is 18.3 Å². The first-order chi connectivity index (χ1) is 6.47. The Hall–Kier alpha value is -0.610. The highest BCUT2D eigenvalue weighted by molar-refractivity contribution is 5.81. The zero-order valence-corrected chi connectivity index (χ0v) is 9.29. The first-order valence-corrected chi connectivity index (χ1v) is 5.11. The third-order valence-corrected chi connectivity index (χ3v) is 2.00. The van der Waals surface area contributed by atoms with E-state index in [2.05, 4.69) is 5.32 Å². The summed E-state index contributed by atoms with van der Waals surface area (Å²) in [4.78, 5) is 11.4. The molecule has 1 amide bonds. The average Bonchev–Trinajstić information content (AvgIpc) is 2.12. The lowest BCUT2D eigenvalue weighted by molar-refractivity contribution is -0.122. The molecule has 0 aromatic heterocycles. The fourth-order valence-electron chi connectivity index (χ4n) is 1.09. The molecule has 0 aliphatic rings. The Morgan fingerprint density at radius 3 is 2.43 bits per heavy atom. The van der Waals surface area contributed by atoms with Gasteiger partial charge in [0.1, 0.15) is 0 Å². The highest BCUT2D eigenvalue weighted by Gasteiger charge is 2.14. The Balaban J connectivity index is 3.73. The van der Waals surface area contributed by atoms with Gasteiger partial charge in [-0.2, -0.15) is 0 Å². The van der Waals surface area contributed by atoms with E-state index in [4.69, 9.17) is 10.8 Å². The number of aliphatic hydroxyl groups excluding tert-OH is 1. The van der Waals surface area contributed by atoms with E-state index in [0.717, 1.165) is 0 Å². The van der Waals surface area contributed by atoms with Crippen molar-refractivity contribution < 1.29 is 9.90 Å². The van der Waals surface area contributed by atoms with Crippen LogP contribution in [0.1, 0.15) is 27.2 Å². The van der Waals surface area contributed by atoms with Gasteiger partial charge in [0.2, 0.25) is 5.91 Å². The van der Waals surface area contributed by atoms with Gasteiger partial charge >= 0.3 is 0 Å². The Bertz CT molecular complexity index is 172. The van der Waals surface area contributed by atoms with Crippen molar-refractivity contribution in [2.75, 3.05) is 13.2 Å². The van der Waals surface area contributed by atoms with Crippen LogP contribution in [0.15, 0.2) is 0 Å². The average molecular weight is 202 g/mol. The molecule has 0 saturated heterocycles. The molecule has 0 heterocycles. The van der Waals surface area contributed by atoms with E-state index >= 15 is 0 Å². The van der Waals surface area contributed by atoms with Gasteiger partial charge in [0.05, 0.1) is 6.04 Å². The van der Waals surface area contributed by atoms with Gasteiger partial charge in [0.25, 0.3) is 0 Å². The van der Waals surface area contributed by atoms with E-state index in [9.17, 15) is 4.79 Å². The third kappa shape index (κ3) is 5.94. The maximum absolute atomic E-state index is 11.4. The van der Waals surface area contributed by atoms with Crippen LogP contribution in [0.4, 0.5) is 0 Å². The van der Waals surface area contributed by atoms with Gasteiger partial charge in [-0.25, -0.2) is 0 Å². The lowest BCUT2D eigenvalue weighted by Crippen LogP contribution is -2.43. The highest BCUT2D eigenvalue weighted by Crippen LogP contribution is 2.02. The molecule has 1 unspecified atom stereocenters. The van der Waals surface area contributed by atoms with E-state index < -0.39 is 6.04 Å². The Morgan fingerprint density at radius 2 is 2.00 bits per heavy atom. The van der Waals surface area contributed by atoms with Crippen LogP contribution in [-0.2, 0) is 4.79 Å². The number of nitrogens with one attached hydrogen (secondary N) is 1. The highest BCUT2D eigenvalue weighted by atomic mass is 16.3. The molecule has 2 atom stereocenters. The van der Waals surface area contributed by atoms with Gasteiger partial charge in [-0.3, -0.25) is 4.79 Å². The molecule has 0 aromatic rings. The van der Waals surface area contributed by atoms with E-state index in [0.29, 0.717) is 18.9 Å². The minimum atomic E-state index is -0.430. The molecular formula is C10H22N2O2. The predicted octanol–water partition coefficient (Wildman–Crippen LogP) is 0.104. The second-order valence-electron chi connectivity index (χ2n) is 4.27. The fourth-order valence-corrected chi connectivity index (χ4v) is 1.09. The molecule has 0 aliphatic carbocycles. The van der Waals surface area contributed by atoms with Gasteiger partial charge in [0, 0.05) is 13.2 Å². The maximum atomic E-state index is 11.4. The van der Waals surface area contributed by atoms with E-state index in [1.165, 1.54) is 0 Å². The van der Waals surface area contributed by atoms with Crippen molar-refractivity contribution >= 4 is 5.91 Å². The van der Waals surface area contributed by atoms with Crippen LogP contribution in [-0.4, -0.2) is 30.2 Å². The van der Waals surface area contributed by atoms with Crippen molar-refractivity contribution in [3.63, 3.8) is 0 Å². The Morgan fingerprint density at radius 1 is 1.43 bits per heavy atom. The monoisotopic (exact) mass is 202 g/mol. The summed E-state index contributed by atoms with van der Waals surface area (Å²) in [6, 6.07) is -0.430. The second kappa shape index (κ2) is 6.79. The Labute approximate surface area is 85.9 Å². The second-order valence-corrected chi connectivity index (χ2v) is 4.27. The molecule has 84 valence electrons. The van der Waals surface area contributed by atoms with Crippen LogP contribution < -0.4 is 11.1 Å². The molecule has 4 heteroatoms. The van der Waals surface area contributed by atoms with E-state index in [-0.39, 0.29) is 18.4 Å². The quantitative estimate of drug-likeness (QED) is 0.572. The molecule has 0 spiro atoms. The number of carbonyl (C=O) groups excluding carboxylic acids is 1. The summed E-state index contributed by atoms with van der Waals surface area (Å²) >= 11 is 0. The van der Waals surface area contributed by atoms with Crippen LogP contribution in [0.2, 0.25) is 0 Å². The normalized spacial score (nSPS) is 15.3. The van der Waals surface area contributed by atoms with Crippen molar-refractivity contribution in [3.05, 3.63) is 0 Å². The lowest BCUT2D eigenvalue weighted by Gasteiger charge is -2.15. The van der Waals surface area contributed by atoms with Crippen LogP contribution in [0.25, 0.3) is 0 Å². The van der Waals surface area contributed by atoms with Gasteiger partial charge in [-0.1, -0.05) is 20.8 Å². The Kier molecular flexibility index (Phi) is 6.49. The van der Waals surface area contributed by atoms with Crippen molar-refractivity contribution in [3.8, 4) is 0 Å². The van der Waals surface area contributed by atoms with Crippen LogP contribution >= 0.6 is 0 Å². The summed E-state index contributed by atoms with van der Waals surface area (Å²) in [5, 5.41) is 11.5. The third-order valence-electron chi connectivity index (χ3n) is 2.00. The molecule has 4 N–H and O–H groups in total. The summed E-state index contributed by atoms with van der Waals surface area (Å²) in [5.74, 6) is 0.384. The van der Waals surface area contributed by atoms with Gasteiger partial charge in [-0.15, -0.1) is 0 Å². The van der Waals surface area contributed by atoms with E-state index in [1.54, 1.807) is 0 Å². The van der Waals surface area contributed by atoms with Gasteiger partial charge in [0.15, 0.2) is 0 Å². The maximum Gasteiger partial charge on any atom is 0.236 e. The standard InChI is InChI=1S/C10H22N2O2/c1-7(2)4-9(11)10(14)12-5-8(3)6-13/h7-9,13H,4-6,11H2,1-3H3,(H,12,14)/t8?,9-/m0/s1. The molecule has 4 nitrogen and oxygen atoms in total. The van der Waals surface area contributed by atoms with Crippen LogP contribution in [0.5, 0.6) is 0 Å². The molecule has 14 heavy (non-hydrogen) atoms. The smallest absolute Gasteiger partial charge is 0.236 e. The summed E-state index contributed by atoms with van der Waals surface area (Å²) < 4.78 is 0. The number of carbonyl (C=O) groups is 1. The number of rotatable bonds is 6. The minimum Gasteiger partial charge on any atom is -0.396 e. The summed E-state index contributed by atoms with van der Waals surface area (Å²) in [7, 11) is 0. The number of hydrogen-bond acceptors (Lipinski definition) is 3. The zero-order valence-electron chi connectivity index (χ0n) is 9.29. The van der Waals surface area contributed by atoms with Crippen molar-refractivity contribution in [2.45, 2.75) is 33.2 Å². The molecule has 0 aliphatic heterocycles. The largest absolute Gasteiger partial charge is 0.396 e. The summed E-state index contributed by atoms with van der Waals surface area (Å²) in [6.07, 6.45) is 0.694. The molecule has 0 rings (SSSR count). The molecule has 0 saturated carbocycles. The molecule has 0 bridgehead atoms. The minimum absolute atomic E-state index is 0.0830. The molecular weight excluding hydrogens is 180 g/mol. The van der Waals surface area contributed by atoms with Crippen LogP contribution in [0.3, 0.4) is 0 Å². The fraction of sp³-hybridized carbons (Fsp3) is 0.900. The van der Waals surface area contributed by atoms with Crippen molar-refractivity contribution in [2.24, 2.45) is 17.6 Å². The van der Waals surface area contributed by atoms with Crippen molar-refractivity contribution in [1.29, 1.82) is 0 Å². The number of aliphatic hydroxyl groups is 1. The predicted molar refractivity (Wildman–Crippen MR) is 56.7 cm³/mol. The summed E-state index contributed by atoms with van der Waals surface area (Å²) in [5.41, 5.74) is 5.67. The number of hydrogen-bond donors (Lipinski definition) is 3. The van der Waals surface area contributed by atoms with Crippen LogP contribution in [0, 0.1) is 11.8 Å². The number of nitrogens with two attached hydrogens (primary N) is 1. The molecule has 0 radical (unpaired) electrons. The van der Waals surface area contributed by atoms with Crippen molar-refractivity contribution in [1.82, 2.24) is 5.32 Å². The zero-order chi connectivity index (χ0) is 11.1. The SMILES string of the molecule is CC(C)C[C@H](N)C(=O)NCC(C)CO. The van der Waals surface area contributed by atoms with E-state index in [1.807, 2.05) is 20.8 Å². The number of amides is 1. The first-order valence-electron chi connectivity index (χ1n) is 5.11. The van der Waals surface area contributed by atoms with Gasteiger partial charge < -0.3 is 16.2 Å². The topological polar surface area (TPSA) is 75.4 Å².